The van der Waals surface area contributed by atoms with Crippen molar-refractivity contribution in [2.45, 2.75) is 38.0 Å². The van der Waals surface area contributed by atoms with Gasteiger partial charge in [0.05, 0.1) is 11.4 Å². The molecule has 0 unspecified atom stereocenters. The Morgan fingerprint density at radius 3 is 2.21 bits per heavy atom. The summed E-state index contributed by atoms with van der Waals surface area (Å²) in [5.74, 6) is 0.788. The Morgan fingerprint density at radius 2 is 1.56 bits per heavy atom. The molecule has 0 radical (unpaired) electrons. The first-order valence-corrected chi connectivity index (χ1v) is 16.1. The molecule has 4 aromatic rings. The lowest BCUT2D eigenvalue weighted by Crippen LogP contribution is -2.48. The first-order valence-electron chi connectivity index (χ1n) is 14.5. The van der Waals surface area contributed by atoms with Crippen LogP contribution in [0, 0.1) is 5.92 Å². The van der Waals surface area contributed by atoms with E-state index in [1.807, 2.05) is 60.7 Å². The predicted octanol–water partition coefficient (Wildman–Crippen LogP) is 5.73. The van der Waals surface area contributed by atoms with Crippen molar-refractivity contribution >= 4 is 27.3 Å². The lowest BCUT2D eigenvalue weighted by atomic mass is 9.92. The van der Waals surface area contributed by atoms with Gasteiger partial charge in [0.2, 0.25) is 15.9 Å². The van der Waals surface area contributed by atoms with Crippen molar-refractivity contribution in [2.75, 3.05) is 29.3 Å². The molecule has 0 aliphatic carbocycles. The Morgan fingerprint density at radius 1 is 0.930 bits per heavy atom. The van der Waals surface area contributed by atoms with Gasteiger partial charge in [-0.3, -0.25) is 14.0 Å². The van der Waals surface area contributed by atoms with Crippen molar-refractivity contribution in [1.82, 2.24) is 14.9 Å². The summed E-state index contributed by atoms with van der Waals surface area (Å²) in [6, 6.07) is 27.7. The van der Waals surface area contributed by atoms with E-state index in [4.69, 9.17) is 4.74 Å². The number of carbonyl (C=O) groups excluding carboxylic acids is 1. The second-order valence-electron chi connectivity index (χ2n) is 10.8. The summed E-state index contributed by atoms with van der Waals surface area (Å²) >= 11 is 0. The number of anilines is 2. The molecule has 1 atom stereocenters. The number of likely N-dealkylation sites (tertiary alicyclic amines) is 1. The van der Waals surface area contributed by atoms with Crippen LogP contribution in [0.3, 0.4) is 0 Å². The Balaban J connectivity index is 1.12. The fourth-order valence-electron chi connectivity index (χ4n) is 5.31. The fourth-order valence-corrected chi connectivity index (χ4v) is 6.97. The van der Waals surface area contributed by atoms with Gasteiger partial charge in [0.25, 0.3) is 0 Å². The molecule has 0 saturated carbocycles. The average Bonchev–Trinajstić information content (AvgIpc) is 3.02. The molecule has 1 N–H and O–H groups in total. The molecule has 9 nitrogen and oxygen atoms in total. The van der Waals surface area contributed by atoms with E-state index in [1.54, 1.807) is 47.0 Å². The van der Waals surface area contributed by atoms with Crippen molar-refractivity contribution in [3.8, 4) is 11.8 Å². The molecule has 43 heavy (non-hydrogen) atoms. The zero-order valence-corrected chi connectivity index (χ0v) is 25.1. The summed E-state index contributed by atoms with van der Waals surface area (Å²) in [7, 11) is -3.60. The van der Waals surface area contributed by atoms with Gasteiger partial charge < -0.3 is 10.1 Å². The molecule has 1 aliphatic rings. The largest absolute Gasteiger partial charge is 0.424 e. The van der Waals surface area contributed by atoms with E-state index < -0.39 is 10.0 Å². The van der Waals surface area contributed by atoms with E-state index in [2.05, 4.69) is 27.1 Å². The Kier molecular flexibility index (Phi) is 10.0. The molecule has 3 aromatic carbocycles. The van der Waals surface area contributed by atoms with Crippen LogP contribution in [0.1, 0.15) is 31.7 Å². The van der Waals surface area contributed by atoms with Crippen molar-refractivity contribution in [2.24, 2.45) is 5.92 Å². The van der Waals surface area contributed by atoms with Crippen LogP contribution in [0.4, 0.5) is 11.4 Å². The molecule has 5 rings (SSSR count). The van der Waals surface area contributed by atoms with Crippen molar-refractivity contribution in [3.63, 3.8) is 0 Å². The zero-order chi connectivity index (χ0) is 30.1. The highest BCUT2D eigenvalue weighted by molar-refractivity contribution is 7.92. The monoisotopic (exact) mass is 599 g/mol. The van der Waals surface area contributed by atoms with E-state index >= 15 is 0 Å². The zero-order valence-electron chi connectivity index (χ0n) is 24.2. The number of sulfonamides is 1. The maximum atomic E-state index is 13.6. The van der Waals surface area contributed by atoms with Gasteiger partial charge in [-0.15, -0.1) is 0 Å². The number of amides is 1. The van der Waals surface area contributed by atoms with E-state index in [1.165, 1.54) is 0 Å². The second kappa shape index (κ2) is 14.3. The molecular formula is C33H37N5O4S. The number of aromatic nitrogens is 2. The van der Waals surface area contributed by atoms with Crippen LogP contribution in [0.5, 0.6) is 11.8 Å². The number of ether oxygens (including phenoxy) is 1. The first-order chi connectivity index (χ1) is 20.9. The van der Waals surface area contributed by atoms with Crippen LogP contribution < -0.4 is 14.4 Å². The van der Waals surface area contributed by atoms with Gasteiger partial charge in [-0.25, -0.2) is 18.4 Å². The Hall–Kier alpha value is -4.28. The number of hydrogen-bond donors (Lipinski definition) is 1. The molecular weight excluding hydrogens is 562 g/mol. The van der Waals surface area contributed by atoms with Gasteiger partial charge >= 0.3 is 6.01 Å². The topological polar surface area (TPSA) is 105 Å². The van der Waals surface area contributed by atoms with Crippen molar-refractivity contribution in [3.05, 3.63) is 109 Å². The molecule has 10 heteroatoms. The SMILES string of the molecule is C[C@H](CN(c1ccccc1)S(=O)(=O)Cc1ccccc1)N1CCC(CC(=O)Nc2ccc(Oc3ncccn3)cc2)CC1. The molecule has 1 aliphatic heterocycles. The van der Waals surface area contributed by atoms with Crippen LogP contribution in [-0.4, -0.2) is 54.9 Å². The first kappa shape index (κ1) is 30.2. The normalized spacial score (nSPS) is 15.0. The minimum Gasteiger partial charge on any atom is -0.424 e. The number of piperidine rings is 1. The molecule has 1 fully saturated rings. The lowest BCUT2D eigenvalue weighted by Gasteiger charge is -2.38. The van der Waals surface area contributed by atoms with Crippen LogP contribution in [-0.2, 0) is 20.6 Å². The number of para-hydroxylation sites is 1. The van der Waals surface area contributed by atoms with Crippen LogP contribution in [0.2, 0.25) is 0 Å². The van der Waals surface area contributed by atoms with Gasteiger partial charge in [0.15, 0.2) is 0 Å². The number of nitrogens with one attached hydrogen (secondary N) is 1. The smallest absolute Gasteiger partial charge is 0.321 e. The third-order valence-electron chi connectivity index (χ3n) is 7.64. The number of nitrogens with zero attached hydrogens (tertiary/aromatic N) is 4. The fraction of sp³-hybridized carbons (Fsp3) is 0.303. The number of hydrogen-bond acceptors (Lipinski definition) is 7. The molecule has 0 bridgehead atoms. The van der Waals surface area contributed by atoms with Crippen molar-refractivity contribution < 1.29 is 17.9 Å². The summed E-state index contributed by atoms with van der Waals surface area (Å²) in [5, 5.41) is 2.98. The quantitative estimate of drug-likeness (QED) is 0.222. The number of benzene rings is 3. The highest BCUT2D eigenvalue weighted by Gasteiger charge is 2.29. The summed E-state index contributed by atoms with van der Waals surface area (Å²) in [6.07, 6.45) is 5.42. The molecule has 1 saturated heterocycles. The maximum absolute atomic E-state index is 13.6. The molecule has 224 valence electrons. The lowest BCUT2D eigenvalue weighted by molar-refractivity contribution is -0.117. The minimum absolute atomic E-state index is 0.0163. The van der Waals surface area contributed by atoms with E-state index in [-0.39, 0.29) is 29.6 Å². The summed E-state index contributed by atoms with van der Waals surface area (Å²) < 4.78 is 34.3. The second-order valence-corrected chi connectivity index (χ2v) is 12.7. The minimum atomic E-state index is -3.60. The molecule has 1 amide bonds. The van der Waals surface area contributed by atoms with Gasteiger partial charge in [0, 0.05) is 37.1 Å². The Labute approximate surface area is 253 Å². The van der Waals surface area contributed by atoms with Gasteiger partial charge in [-0.2, -0.15) is 0 Å². The Bertz CT molecular complexity index is 1550. The highest BCUT2D eigenvalue weighted by Crippen LogP contribution is 2.26. The van der Waals surface area contributed by atoms with Crippen LogP contribution >= 0.6 is 0 Å². The molecule has 0 spiro atoms. The highest BCUT2D eigenvalue weighted by atomic mass is 32.2. The van der Waals surface area contributed by atoms with Gasteiger partial charge in [-0.05, 0) is 86.8 Å². The van der Waals surface area contributed by atoms with Gasteiger partial charge in [0.1, 0.15) is 5.75 Å². The summed E-state index contributed by atoms with van der Waals surface area (Å²) in [4.78, 5) is 23.2. The summed E-state index contributed by atoms with van der Waals surface area (Å²) in [6.45, 7) is 4.07. The number of rotatable bonds is 12. The number of carbonyl (C=O) groups is 1. The standard InChI is InChI=1S/C33H37N5O4S/c1-26(24-38(30-11-6-3-7-12-30)43(40,41)25-28-9-4-2-5-10-28)37-21-17-27(18-22-37)23-32(39)36-29-13-15-31(16-14-29)42-33-34-19-8-20-35-33/h2-16,19-20,26-27H,17-18,21-25H2,1H3,(H,36,39)/t26-/m1/s1. The van der Waals surface area contributed by atoms with Gasteiger partial charge in [-0.1, -0.05) is 48.5 Å². The molecule has 1 aromatic heterocycles. The predicted molar refractivity (Wildman–Crippen MR) is 168 cm³/mol. The maximum Gasteiger partial charge on any atom is 0.321 e. The van der Waals surface area contributed by atoms with E-state index in [0.717, 1.165) is 31.5 Å². The molecule has 2 heterocycles. The third-order valence-corrected chi connectivity index (χ3v) is 9.37. The van der Waals surface area contributed by atoms with Crippen LogP contribution in [0.25, 0.3) is 0 Å². The summed E-state index contributed by atoms with van der Waals surface area (Å²) in [5.41, 5.74) is 2.14. The van der Waals surface area contributed by atoms with Crippen LogP contribution in [0.15, 0.2) is 103 Å². The van der Waals surface area contributed by atoms with E-state index in [0.29, 0.717) is 30.1 Å². The van der Waals surface area contributed by atoms with Crippen molar-refractivity contribution in [1.29, 1.82) is 0 Å². The van der Waals surface area contributed by atoms with E-state index in [9.17, 15) is 13.2 Å². The average molecular weight is 600 g/mol. The third kappa shape index (κ3) is 8.62.